The van der Waals surface area contributed by atoms with Crippen LogP contribution in [0.25, 0.3) is 0 Å². The number of halogens is 6. The SMILES string of the molecule is C=C(C)C(=O)O.O=S(=O)(NS(=O)(=O)C(F)(F)F)C(F)(F)F. The fourth-order valence-electron chi connectivity index (χ4n) is 0.239. The Morgan fingerprint density at radius 2 is 1.14 bits per heavy atom. The quantitative estimate of drug-likeness (QED) is 0.566. The first-order valence-electron chi connectivity index (χ1n) is 4.15. The number of alkyl halides is 6. The van der Waals surface area contributed by atoms with Crippen molar-refractivity contribution in [2.45, 2.75) is 17.9 Å². The van der Waals surface area contributed by atoms with E-state index in [-0.39, 0.29) is 5.57 Å². The van der Waals surface area contributed by atoms with E-state index in [4.69, 9.17) is 5.11 Å². The van der Waals surface area contributed by atoms with Crippen molar-refractivity contribution in [2.75, 3.05) is 0 Å². The van der Waals surface area contributed by atoms with Crippen LogP contribution in [0.4, 0.5) is 26.3 Å². The summed E-state index contributed by atoms with van der Waals surface area (Å²) in [5.41, 5.74) is -12.1. The van der Waals surface area contributed by atoms with Crippen LogP contribution in [0.5, 0.6) is 0 Å². The molecule has 0 saturated carbocycles. The molecule has 0 aromatic rings. The molecule has 21 heavy (non-hydrogen) atoms. The molecule has 0 aliphatic carbocycles. The molecule has 0 fully saturated rings. The normalized spacial score (nSPS) is 13.1. The number of aliphatic carboxylic acids is 1. The Bertz CT molecular complexity index is 547. The summed E-state index contributed by atoms with van der Waals surface area (Å²) in [5.74, 6) is -0.935. The van der Waals surface area contributed by atoms with Crippen LogP contribution in [0.15, 0.2) is 12.2 Å². The molecule has 0 radical (unpaired) electrons. The first-order valence-corrected chi connectivity index (χ1v) is 7.11. The van der Waals surface area contributed by atoms with Gasteiger partial charge in [0.05, 0.1) is 0 Å². The number of hydrogen-bond donors (Lipinski definition) is 2. The van der Waals surface area contributed by atoms with Gasteiger partial charge in [0.15, 0.2) is 0 Å². The highest BCUT2D eigenvalue weighted by Crippen LogP contribution is 2.27. The van der Waals surface area contributed by atoms with Crippen molar-refractivity contribution in [2.24, 2.45) is 0 Å². The second kappa shape index (κ2) is 6.61. The van der Waals surface area contributed by atoms with Gasteiger partial charge in [-0.05, 0) is 6.92 Å². The van der Waals surface area contributed by atoms with Crippen LogP contribution in [-0.4, -0.2) is 38.9 Å². The molecule has 0 heterocycles. The number of rotatable bonds is 3. The van der Waals surface area contributed by atoms with Crippen molar-refractivity contribution in [3.63, 3.8) is 0 Å². The van der Waals surface area contributed by atoms with Crippen LogP contribution in [-0.2, 0) is 24.8 Å². The Morgan fingerprint density at radius 3 is 1.24 bits per heavy atom. The first-order chi connectivity index (χ1) is 8.85. The molecule has 0 rings (SSSR count). The van der Waals surface area contributed by atoms with E-state index in [1.807, 2.05) is 0 Å². The summed E-state index contributed by atoms with van der Waals surface area (Å²) in [6, 6.07) is 0. The van der Waals surface area contributed by atoms with E-state index in [2.05, 4.69) is 6.58 Å². The van der Waals surface area contributed by atoms with Gasteiger partial charge in [-0.3, -0.25) is 0 Å². The van der Waals surface area contributed by atoms with Crippen molar-refractivity contribution >= 4 is 26.0 Å². The molecule has 0 spiro atoms. The Kier molecular flexibility index (Phi) is 6.90. The lowest BCUT2D eigenvalue weighted by atomic mass is 10.4. The Morgan fingerprint density at radius 1 is 0.952 bits per heavy atom. The molecule has 0 saturated heterocycles. The van der Waals surface area contributed by atoms with Crippen molar-refractivity contribution in [3.05, 3.63) is 12.2 Å². The average molecular weight is 367 g/mol. The molecule has 0 amide bonds. The predicted molar refractivity (Wildman–Crippen MR) is 55.5 cm³/mol. The van der Waals surface area contributed by atoms with Crippen molar-refractivity contribution in [1.29, 1.82) is 0 Å². The number of carboxylic acids is 1. The summed E-state index contributed by atoms with van der Waals surface area (Å²) in [6.45, 7) is 4.60. The molecule has 2 N–H and O–H groups in total. The minimum atomic E-state index is -6.60. The molecule has 0 unspecified atom stereocenters. The molecule has 15 heteroatoms. The van der Waals surface area contributed by atoms with E-state index >= 15 is 0 Å². The maximum absolute atomic E-state index is 11.5. The van der Waals surface area contributed by atoms with Crippen LogP contribution < -0.4 is 4.13 Å². The van der Waals surface area contributed by atoms with Crippen molar-refractivity contribution in [3.8, 4) is 0 Å². The number of sulfonamides is 2. The third-order valence-electron chi connectivity index (χ3n) is 1.19. The van der Waals surface area contributed by atoms with Gasteiger partial charge in [0.1, 0.15) is 0 Å². The monoisotopic (exact) mass is 367 g/mol. The molecule has 0 aliphatic heterocycles. The standard InChI is InChI=1S/C4H6O2.C2HF6NO4S2/c1-3(2)4(5)6;3-1(4,5)14(10,11)9-15(12,13)2(6,7)8/h1H2,2H3,(H,5,6);9H. The minimum absolute atomic E-state index is 0.176. The zero-order chi connectivity index (χ0) is 17.9. The van der Waals surface area contributed by atoms with Crippen LogP contribution in [0.2, 0.25) is 0 Å². The summed E-state index contributed by atoms with van der Waals surface area (Å²) in [7, 11) is -13.2. The lowest BCUT2D eigenvalue weighted by Crippen LogP contribution is -2.45. The second-order valence-corrected chi connectivity index (χ2v) is 6.67. The first kappa shape index (κ1) is 21.9. The van der Waals surface area contributed by atoms with E-state index < -0.39 is 41.2 Å². The fourth-order valence-corrected chi connectivity index (χ4v) is 2.15. The highest BCUT2D eigenvalue weighted by atomic mass is 32.3. The molecular formula is C6H7F6NO6S2. The van der Waals surface area contributed by atoms with Gasteiger partial charge in [-0.15, -0.1) is 0 Å². The van der Waals surface area contributed by atoms with Crippen LogP contribution >= 0.6 is 0 Å². The summed E-state index contributed by atoms with van der Waals surface area (Å²) in [5, 5.41) is 7.89. The van der Waals surface area contributed by atoms with E-state index in [0.29, 0.717) is 0 Å². The molecule has 0 aromatic carbocycles. The summed E-state index contributed by atoms with van der Waals surface area (Å²) in [4.78, 5) is 9.60. The zero-order valence-corrected chi connectivity index (χ0v) is 11.4. The fraction of sp³-hybridized carbons (Fsp3) is 0.500. The molecule has 126 valence electrons. The smallest absolute Gasteiger partial charge is 0.478 e. The second-order valence-electron chi connectivity index (χ2n) is 3.07. The number of hydrogen-bond acceptors (Lipinski definition) is 5. The van der Waals surface area contributed by atoms with Gasteiger partial charge in [-0.1, -0.05) is 10.7 Å². The highest BCUT2D eigenvalue weighted by molar-refractivity contribution is 8.05. The Balaban J connectivity index is 0. The van der Waals surface area contributed by atoms with Crippen LogP contribution in [0.1, 0.15) is 6.92 Å². The summed E-state index contributed by atoms with van der Waals surface area (Å²) >= 11 is 0. The molecular weight excluding hydrogens is 360 g/mol. The highest BCUT2D eigenvalue weighted by Gasteiger charge is 2.55. The number of carbonyl (C=O) groups is 1. The maximum atomic E-state index is 11.5. The molecule has 0 aromatic heterocycles. The average Bonchev–Trinajstić information content (AvgIpc) is 2.12. The van der Waals surface area contributed by atoms with Crippen LogP contribution in [0, 0.1) is 0 Å². The Labute approximate surface area is 114 Å². The summed E-state index contributed by atoms with van der Waals surface area (Å²) < 4.78 is 108. The third kappa shape index (κ3) is 7.28. The van der Waals surface area contributed by atoms with Crippen LogP contribution in [0.3, 0.4) is 0 Å². The van der Waals surface area contributed by atoms with Gasteiger partial charge >= 0.3 is 37.0 Å². The maximum Gasteiger partial charge on any atom is 0.512 e. The van der Waals surface area contributed by atoms with Crippen molar-refractivity contribution in [1.82, 2.24) is 4.13 Å². The minimum Gasteiger partial charge on any atom is -0.478 e. The van der Waals surface area contributed by atoms with Gasteiger partial charge in [0.2, 0.25) is 0 Å². The molecule has 0 aliphatic rings. The molecule has 0 bridgehead atoms. The molecule has 7 nitrogen and oxygen atoms in total. The van der Waals surface area contributed by atoms with Gasteiger partial charge in [0, 0.05) is 5.57 Å². The van der Waals surface area contributed by atoms with Gasteiger partial charge in [-0.2, -0.15) is 26.3 Å². The van der Waals surface area contributed by atoms with Gasteiger partial charge in [0.25, 0.3) is 0 Å². The van der Waals surface area contributed by atoms with E-state index in [9.17, 15) is 48.0 Å². The lowest BCUT2D eigenvalue weighted by Gasteiger charge is -2.11. The third-order valence-corrected chi connectivity index (χ3v) is 4.17. The van der Waals surface area contributed by atoms with E-state index in [1.165, 1.54) is 6.92 Å². The molecule has 0 atom stereocenters. The van der Waals surface area contributed by atoms with Gasteiger partial charge < -0.3 is 5.11 Å². The predicted octanol–water partition coefficient (Wildman–Crippen LogP) is 0.922. The number of carboxylic acid groups (broad SMARTS) is 1. The van der Waals surface area contributed by atoms with Gasteiger partial charge in [-0.25, -0.2) is 21.6 Å². The zero-order valence-electron chi connectivity index (χ0n) is 9.78. The largest absolute Gasteiger partial charge is 0.512 e. The Hall–Kier alpha value is -1.35. The van der Waals surface area contributed by atoms with E-state index in [1.54, 1.807) is 0 Å². The number of nitrogens with one attached hydrogen (secondary N) is 1. The van der Waals surface area contributed by atoms with Crippen molar-refractivity contribution < 1.29 is 53.1 Å². The van der Waals surface area contributed by atoms with E-state index in [0.717, 1.165) is 0 Å². The lowest BCUT2D eigenvalue weighted by molar-refractivity contribution is -0.132. The summed E-state index contributed by atoms with van der Waals surface area (Å²) in [6.07, 6.45) is 0. The topological polar surface area (TPSA) is 118 Å².